The van der Waals surface area contributed by atoms with Crippen LogP contribution in [0.5, 0.6) is 0 Å². The molecule has 19 aromatic carbocycles. The van der Waals surface area contributed by atoms with Crippen molar-refractivity contribution in [1.82, 2.24) is 32.6 Å². The van der Waals surface area contributed by atoms with Gasteiger partial charge in [-0.1, -0.05) is 0 Å². The third-order valence-corrected chi connectivity index (χ3v) is 18.4. The average Bonchev–Trinajstić information content (AvgIpc) is 1.89. The summed E-state index contributed by atoms with van der Waals surface area (Å²) in [6.07, 6.45) is 0. The van der Waals surface area contributed by atoms with Crippen LogP contribution in [0.4, 0.5) is 0 Å². The second-order valence-corrected chi connectivity index (χ2v) is 21.3. The minimum absolute atomic E-state index is 0.236. The van der Waals surface area contributed by atoms with Gasteiger partial charge in [-0.05, 0) is 267 Å². The maximum Gasteiger partial charge on any atom is 0.265 e. The lowest BCUT2D eigenvalue weighted by Gasteiger charge is -2.33. The first-order valence-electron chi connectivity index (χ1n) is 24.9. The summed E-state index contributed by atoms with van der Waals surface area (Å²) in [5, 5.41) is 27.3. The van der Waals surface area contributed by atoms with Crippen LogP contribution in [0.2, 0.25) is 0 Å². The highest BCUT2D eigenvalue weighted by molar-refractivity contribution is 6.68. The molecule has 78 heavy (non-hydrogen) atoms. The Labute approximate surface area is 430 Å². The van der Waals surface area contributed by atoms with E-state index in [1.165, 1.54) is 0 Å². The molecule has 0 heterocycles. The second kappa shape index (κ2) is 12.5. The highest BCUT2D eigenvalue weighted by Gasteiger charge is 2.39. The summed E-state index contributed by atoms with van der Waals surface area (Å²) < 4.78 is 0. The number of hydrazine groups is 6. The number of hydrogen-bond acceptors (Lipinski definition) is 12. The Balaban J connectivity index is 1.28. The molecule has 19 aromatic rings. The number of amides is 6. The molecule has 18 N–H and O–H groups in total. The van der Waals surface area contributed by atoms with Crippen molar-refractivity contribution in [2.75, 3.05) is 0 Å². The zero-order chi connectivity index (χ0) is 52.4. The van der Waals surface area contributed by atoms with Crippen LogP contribution in [0, 0.1) is 0 Å². The van der Waals surface area contributed by atoms with E-state index in [2.05, 4.69) is 32.6 Å². The van der Waals surface area contributed by atoms with Crippen LogP contribution in [0.15, 0.2) is 72.8 Å². The van der Waals surface area contributed by atoms with Crippen LogP contribution in [-0.2, 0) is 0 Å². The van der Waals surface area contributed by atoms with E-state index >= 15 is 0 Å². The minimum atomic E-state index is -0.576. The Kier molecular flexibility index (Phi) is 6.53. The zero-order valence-electron chi connectivity index (χ0n) is 39.8. The molecule has 0 aliphatic rings. The number of rotatable bonds is 6. The molecule has 0 unspecified atom stereocenters. The fraction of sp³-hybridized carbons (Fsp3) is 0. The van der Waals surface area contributed by atoms with Gasteiger partial charge in [0.15, 0.2) is 0 Å². The van der Waals surface area contributed by atoms with E-state index in [0.717, 1.165) is 129 Å². The number of carbonyl (C=O) groups excluding carboxylic acids is 6. The summed E-state index contributed by atoms with van der Waals surface area (Å²) in [6, 6.07) is 22.5. The number of nitrogens with two attached hydrogens (primary N) is 6. The van der Waals surface area contributed by atoms with Crippen LogP contribution in [-0.4, -0.2) is 35.4 Å². The van der Waals surface area contributed by atoms with Crippen molar-refractivity contribution < 1.29 is 28.8 Å². The predicted molar refractivity (Wildman–Crippen MR) is 306 cm³/mol. The van der Waals surface area contributed by atoms with Crippen molar-refractivity contribution in [3.8, 4) is 0 Å². The molecule has 0 bridgehead atoms. The molecule has 18 nitrogen and oxygen atoms in total. The fourth-order valence-corrected chi connectivity index (χ4v) is 16.1. The maximum atomic E-state index is 14.4. The first-order chi connectivity index (χ1) is 38.0. The summed E-state index contributed by atoms with van der Waals surface area (Å²) in [4.78, 5) is 86.4. The molecule has 18 heteroatoms. The highest BCUT2D eigenvalue weighted by atomic mass is 16.2. The van der Waals surface area contributed by atoms with E-state index in [9.17, 15) is 28.8 Å². The van der Waals surface area contributed by atoms with Crippen molar-refractivity contribution in [3.05, 3.63) is 106 Å². The SMILES string of the molecule is NNC(=O)c1cc2cc3cc(C(=O)NN)c4cc5c(C(=O)NN)cc6cc7c(C(=O)NN)cc8cc9cc(C(=O)NN)c%10cc%11c(C(=O)NN)cc%12cc1c1c2c2c3c4c3c5c6c4c7c8c5c9c%10c6c%11c%12c1c1c2c3c4c5c61. The summed E-state index contributed by atoms with van der Waals surface area (Å²) in [7, 11) is 0. The van der Waals surface area contributed by atoms with Gasteiger partial charge in [-0.15, -0.1) is 0 Å². The van der Waals surface area contributed by atoms with E-state index in [1.54, 1.807) is 12.1 Å². The molecule has 0 radical (unpaired) electrons. The minimum Gasteiger partial charge on any atom is -0.290 e. The van der Waals surface area contributed by atoms with Crippen LogP contribution < -0.4 is 67.6 Å². The molecule has 0 spiro atoms. The number of carbonyl (C=O) groups is 6. The Bertz CT molecular complexity index is 5700. The summed E-state index contributed by atoms with van der Waals surface area (Å²) in [5.74, 6) is 32.9. The van der Waals surface area contributed by atoms with Gasteiger partial charge in [0.1, 0.15) is 0 Å². The van der Waals surface area contributed by atoms with Crippen molar-refractivity contribution in [1.29, 1.82) is 0 Å². The molecule has 19 rings (SSSR count). The normalized spacial score (nSPS) is 13.3. The molecule has 0 saturated heterocycles. The predicted octanol–water partition coefficient (Wildman–Crippen LogP) is 7.32. The second-order valence-electron chi connectivity index (χ2n) is 21.3. The fourth-order valence-electron chi connectivity index (χ4n) is 16.1. The molecule has 0 fully saturated rings. The average molecular weight is 1010 g/mol. The van der Waals surface area contributed by atoms with Crippen molar-refractivity contribution in [2.24, 2.45) is 35.1 Å². The van der Waals surface area contributed by atoms with Gasteiger partial charge in [-0.2, -0.15) is 0 Å². The lowest BCUT2D eigenvalue weighted by atomic mass is 9.68. The lowest BCUT2D eigenvalue weighted by molar-refractivity contribution is 0.0947. The summed E-state index contributed by atoms with van der Waals surface area (Å²) in [5.41, 5.74) is 15.9. The van der Waals surface area contributed by atoms with E-state index in [1.807, 2.05) is 60.7 Å². The molecule has 0 saturated carbocycles. The van der Waals surface area contributed by atoms with Crippen molar-refractivity contribution in [2.45, 2.75) is 0 Å². The Morgan fingerprint density at radius 1 is 0.192 bits per heavy atom. The van der Waals surface area contributed by atoms with Crippen molar-refractivity contribution >= 4 is 229 Å². The van der Waals surface area contributed by atoms with Gasteiger partial charge in [0.25, 0.3) is 35.4 Å². The topological polar surface area (TPSA) is 331 Å². The number of benzene rings is 19. The van der Waals surface area contributed by atoms with Gasteiger partial charge < -0.3 is 0 Å². The monoisotopic (exact) mass is 1010 g/mol. The Morgan fingerprint density at radius 3 is 0.551 bits per heavy atom. The largest absolute Gasteiger partial charge is 0.290 e. The van der Waals surface area contributed by atoms with E-state index in [-0.39, 0.29) is 33.4 Å². The van der Waals surface area contributed by atoms with E-state index in [4.69, 9.17) is 35.1 Å². The molecular formula is C60H30N12O6. The van der Waals surface area contributed by atoms with E-state index in [0.29, 0.717) is 64.6 Å². The van der Waals surface area contributed by atoms with Gasteiger partial charge in [0.05, 0.1) is 0 Å². The molecular weight excluding hydrogens is 985 g/mol. The number of nitrogens with one attached hydrogen (secondary N) is 6. The standard InChI is InChI=1S/C60H30N12O6/c61-67-55(73)25-5-13-1-15-7-27(57(75)69-63)21-11-23-29(59(77)71-65)10-18-4-20-26(56(74)68-62)6-14-2-16-8-28(58(76)70-64)22-12-24-30(60(78)72-66)9-17-3-19(25)37-31(13)43-33(15)39(21)47-41(23)36(18)46-38(20)32(14)44-34(16)40(22)48-42(24)35(17)45(37)51-49(43)53(47)52(46)50(44)54(48)51/h1-12H,61-66H2,(H,67,73)(H,68,74)(H,69,75)(H,70,76)(H,71,77)(H,72,78). The van der Waals surface area contributed by atoms with Gasteiger partial charge in [0, 0.05) is 33.4 Å². The third-order valence-electron chi connectivity index (χ3n) is 18.4. The maximum absolute atomic E-state index is 14.4. The van der Waals surface area contributed by atoms with Crippen LogP contribution in [0.1, 0.15) is 62.1 Å². The molecule has 0 aliphatic carbocycles. The van der Waals surface area contributed by atoms with Gasteiger partial charge >= 0.3 is 0 Å². The van der Waals surface area contributed by atoms with Crippen molar-refractivity contribution in [3.63, 3.8) is 0 Å². The molecule has 0 aromatic heterocycles. The quantitative estimate of drug-likeness (QED) is 0.0256. The first-order valence-corrected chi connectivity index (χ1v) is 24.9. The number of hydrogen-bond donors (Lipinski definition) is 12. The van der Waals surface area contributed by atoms with E-state index < -0.39 is 35.4 Å². The van der Waals surface area contributed by atoms with Gasteiger partial charge in [0.2, 0.25) is 0 Å². The van der Waals surface area contributed by atoms with Gasteiger partial charge in [-0.3, -0.25) is 61.3 Å². The first kappa shape index (κ1) is 40.9. The highest BCUT2D eigenvalue weighted by Crippen LogP contribution is 2.66. The molecule has 0 aliphatic heterocycles. The summed E-state index contributed by atoms with van der Waals surface area (Å²) in [6.45, 7) is 0. The third kappa shape index (κ3) is 3.87. The molecule has 6 amide bonds. The molecule has 0 atom stereocenters. The van der Waals surface area contributed by atoms with Gasteiger partial charge in [-0.25, -0.2) is 35.1 Å². The summed E-state index contributed by atoms with van der Waals surface area (Å²) >= 11 is 0. The number of nitrogen functional groups attached to an aromatic ring is 6. The zero-order valence-corrected chi connectivity index (χ0v) is 39.8. The lowest BCUT2D eigenvalue weighted by Crippen LogP contribution is -2.30. The Hall–Kier alpha value is -10.4. The Morgan fingerprint density at radius 2 is 0.346 bits per heavy atom. The van der Waals surface area contributed by atoms with Crippen LogP contribution >= 0.6 is 0 Å². The van der Waals surface area contributed by atoms with Crippen LogP contribution in [0.3, 0.4) is 0 Å². The van der Waals surface area contributed by atoms with Crippen LogP contribution in [0.25, 0.3) is 194 Å². The smallest absolute Gasteiger partial charge is 0.265 e. The molecule has 366 valence electrons.